The average molecular weight is 229 g/mol. The van der Waals surface area contributed by atoms with Crippen LogP contribution in [0, 0.1) is 0 Å². The Labute approximate surface area is 95.8 Å². The normalized spacial score (nSPS) is 13.9. The second kappa shape index (κ2) is 4.97. The minimum absolute atomic E-state index is 0.524. The molecule has 84 valence electrons. The number of ether oxygens (including phenoxy) is 1. The van der Waals surface area contributed by atoms with Crippen LogP contribution in [0.15, 0.2) is 24.3 Å². The maximum Gasteiger partial charge on any atom is 0.0883 e. The van der Waals surface area contributed by atoms with E-state index in [2.05, 4.69) is 0 Å². The molecule has 1 atom stereocenters. The van der Waals surface area contributed by atoms with Gasteiger partial charge < -0.3 is 9.84 Å². The Balaban J connectivity index is 2.66. The van der Waals surface area contributed by atoms with Crippen molar-refractivity contribution in [2.24, 2.45) is 0 Å². The molecular weight excluding hydrogens is 212 g/mol. The number of rotatable bonds is 4. The smallest absolute Gasteiger partial charge is 0.0883 e. The highest BCUT2D eigenvalue weighted by Gasteiger charge is 2.27. The van der Waals surface area contributed by atoms with E-state index in [1.165, 1.54) is 0 Å². The van der Waals surface area contributed by atoms with Gasteiger partial charge in [0.2, 0.25) is 0 Å². The first kappa shape index (κ1) is 12.5. The first-order valence-corrected chi connectivity index (χ1v) is 5.31. The summed E-state index contributed by atoms with van der Waals surface area (Å²) in [7, 11) is 1.60. The standard InChI is InChI=1S/C12H17ClO2/c1-12(2,15-3)11(14)8-9-4-6-10(13)7-5-9/h4-7,11,14H,8H2,1-3H3. The zero-order valence-corrected chi connectivity index (χ0v) is 10.1. The van der Waals surface area contributed by atoms with Gasteiger partial charge in [0, 0.05) is 18.6 Å². The highest BCUT2D eigenvalue weighted by atomic mass is 35.5. The number of benzene rings is 1. The molecule has 1 N–H and O–H groups in total. The van der Waals surface area contributed by atoms with Gasteiger partial charge in [0.05, 0.1) is 11.7 Å². The lowest BCUT2D eigenvalue weighted by Gasteiger charge is -2.29. The van der Waals surface area contributed by atoms with Gasteiger partial charge in [-0.15, -0.1) is 0 Å². The molecule has 0 bridgehead atoms. The summed E-state index contributed by atoms with van der Waals surface area (Å²) in [4.78, 5) is 0. The van der Waals surface area contributed by atoms with Gasteiger partial charge in [-0.3, -0.25) is 0 Å². The summed E-state index contributed by atoms with van der Waals surface area (Å²) >= 11 is 5.78. The van der Waals surface area contributed by atoms with Crippen LogP contribution >= 0.6 is 11.6 Å². The van der Waals surface area contributed by atoms with Crippen LogP contribution in [0.25, 0.3) is 0 Å². The van der Waals surface area contributed by atoms with Crippen LogP contribution in [0.2, 0.25) is 5.02 Å². The third kappa shape index (κ3) is 3.49. The minimum atomic E-state index is -0.528. The number of halogens is 1. The minimum Gasteiger partial charge on any atom is -0.390 e. The van der Waals surface area contributed by atoms with Crippen LogP contribution in [0.1, 0.15) is 19.4 Å². The molecule has 1 aromatic carbocycles. The number of aliphatic hydroxyl groups excluding tert-OH is 1. The molecule has 3 heteroatoms. The summed E-state index contributed by atoms with van der Waals surface area (Å²) in [5.41, 5.74) is 0.525. The number of aliphatic hydroxyl groups is 1. The molecule has 0 saturated heterocycles. The van der Waals surface area contributed by atoms with E-state index in [1.54, 1.807) is 7.11 Å². The Bertz CT molecular complexity index is 306. The van der Waals surface area contributed by atoms with Crippen molar-refractivity contribution in [1.82, 2.24) is 0 Å². The van der Waals surface area contributed by atoms with Gasteiger partial charge in [-0.1, -0.05) is 23.7 Å². The molecule has 1 unspecified atom stereocenters. The Morgan fingerprint density at radius 1 is 1.33 bits per heavy atom. The number of hydrogen-bond donors (Lipinski definition) is 1. The maximum absolute atomic E-state index is 9.94. The molecule has 0 aromatic heterocycles. The number of methoxy groups -OCH3 is 1. The van der Waals surface area contributed by atoms with Crippen molar-refractivity contribution < 1.29 is 9.84 Å². The Morgan fingerprint density at radius 2 is 1.87 bits per heavy atom. The number of hydrogen-bond acceptors (Lipinski definition) is 2. The predicted molar refractivity (Wildman–Crippen MR) is 62.3 cm³/mol. The molecule has 0 spiro atoms. The molecule has 15 heavy (non-hydrogen) atoms. The monoisotopic (exact) mass is 228 g/mol. The topological polar surface area (TPSA) is 29.5 Å². The fourth-order valence-electron chi connectivity index (χ4n) is 1.23. The van der Waals surface area contributed by atoms with Gasteiger partial charge in [0.1, 0.15) is 0 Å². The SMILES string of the molecule is COC(C)(C)C(O)Cc1ccc(Cl)cc1. The molecule has 0 amide bonds. The molecular formula is C12H17ClO2. The first-order chi connectivity index (χ1) is 6.95. The molecule has 0 radical (unpaired) electrons. The van der Waals surface area contributed by atoms with Crippen LogP contribution < -0.4 is 0 Å². The second-order valence-electron chi connectivity index (χ2n) is 4.15. The molecule has 0 heterocycles. The highest BCUT2D eigenvalue weighted by Crippen LogP contribution is 2.19. The summed E-state index contributed by atoms with van der Waals surface area (Å²) in [6, 6.07) is 7.47. The quantitative estimate of drug-likeness (QED) is 0.859. The summed E-state index contributed by atoms with van der Waals surface area (Å²) < 4.78 is 5.22. The third-order valence-electron chi connectivity index (χ3n) is 2.67. The molecule has 0 aliphatic rings. The summed E-state index contributed by atoms with van der Waals surface area (Å²) in [6.07, 6.45) is 0.0431. The van der Waals surface area contributed by atoms with E-state index in [4.69, 9.17) is 16.3 Å². The fourth-order valence-corrected chi connectivity index (χ4v) is 1.35. The summed E-state index contributed by atoms with van der Waals surface area (Å²) in [5, 5.41) is 10.6. The lowest BCUT2D eigenvalue weighted by atomic mass is 9.95. The van der Waals surface area contributed by atoms with Crippen molar-refractivity contribution in [3.8, 4) is 0 Å². The van der Waals surface area contributed by atoms with Gasteiger partial charge in [-0.25, -0.2) is 0 Å². The van der Waals surface area contributed by atoms with Crippen LogP contribution in [-0.2, 0) is 11.2 Å². The zero-order chi connectivity index (χ0) is 11.5. The molecule has 2 nitrogen and oxygen atoms in total. The molecule has 0 aliphatic carbocycles. The van der Waals surface area contributed by atoms with Crippen LogP contribution in [0.3, 0.4) is 0 Å². The largest absolute Gasteiger partial charge is 0.390 e. The van der Waals surface area contributed by atoms with Crippen LogP contribution in [0.5, 0.6) is 0 Å². The van der Waals surface area contributed by atoms with E-state index in [0.717, 1.165) is 5.56 Å². The van der Waals surface area contributed by atoms with E-state index < -0.39 is 11.7 Å². The molecule has 0 fully saturated rings. The van der Waals surface area contributed by atoms with E-state index in [9.17, 15) is 5.11 Å². The highest BCUT2D eigenvalue weighted by molar-refractivity contribution is 6.30. The van der Waals surface area contributed by atoms with Crippen LogP contribution in [0.4, 0.5) is 0 Å². The molecule has 0 saturated carbocycles. The van der Waals surface area contributed by atoms with E-state index in [1.807, 2.05) is 38.1 Å². The van der Waals surface area contributed by atoms with Gasteiger partial charge in [0.25, 0.3) is 0 Å². The van der Waals surface area contributed by atoms with Crippen molar-refractivity contribution in [2.45, 2.75) is 32.0 Å². The van der Waals surface area contributed by atoms with Gasteiger partial charge in [-0.05, 0) is 31.5 Å². The third-order valence-corrected chi connectivity index (χ3v) is 2.92. The van der Waals surface area contributed by atoms with Crippen molar-refractivity contribution in [2.75, 3.05) is 7.11 Å². The van der Waals surface area contributed by atoms with E-state index in [0.29, 0.717) is 11.4 Å². The molecule has 1 aromatic rings. The van der Waals surface area contributed by atoms with Crippen molar-refractivity contribution in [3.05, 3.63) is 34.9 Å². The second-order valence-corrected chi connectivity index (χ2v) is 4.59. The average Bonchev–Trinajstić information content (AvgIpc) is 2.21. The Hall–Kier alpha value is -0.570. The van der Waals surface area contributed by atoms with E-state index >= 15 is 0 Å². The van der Waals surface area contributed by atoms with Gasteiger partial charge >= 0.3 is 0 Å². The van der Waals surface area contributed by atoms with Gasteiger partial charge in [-0.2, -0.15) is 0 Å². The predicted octanol–water partition coefficient (Wildman–Crippen LogP) is 2.67. The Morgan fingerprint density at radius 3 is 2.33 bits per heavy atom. The zero-order valence-electron chi connectivity index (χ0n) is 9.33. The van der Waals surface area contributed by atoms with Crippen LogP contribution in [-0.4, -0.2) is 23.9 Å². The fraction of sp³-hybridized carbons (Fsp3) is 0.500. The van der Waals surface area contributed by atoms with Gasteiger partial charge in [0.15, 0.2) is 0 Å². The lowest BCUT2D eigenvalue weighted by Crippen LogP contribution is -2.39. The maximum atomic E-state index is 9.94. The first-order valence-electron chi connectivity index (χ1n) is 4.93. The lowest BCUT2D eigenvalue weighted by molar-refractivity contribution is -0.0764. The molecule has 1 rings (SSSR count). The van der Waals surface area contributed by atoms with Crippen molar-refractivity contribution in [1.29, 1.82) is 0 Å². The summed E-state index contributed by atoms with van der Waals surface area (Å²) in [6.45, 7) is 3.74. The summed E-state index contributed by atoms with van der Waals surface area (Å²) in [5.74, 6) is 0. The Kier molecular flexibility index (Phi) is 4.14. The molecule has 0 aliphatic heterocycles. The van der Waals surface area contributed by atoms with Crippen molar-refractivity contribution in [3.63, 3.8) is 0 Å². The van der Waals surface area contributed by atoms with Crippen molar-refractivity contribution >= 4 is 11.6 Å². The van der Waals surface area contributed by atoms with E-state index in [-0.39, 0.29) is 0 Å².